The van der Waals surface area contributed by atoms with Crippen LogP contribution in [0.3, 0.4) is 0 Å². The fraction of sp³-hybridized carbons (Fsp3) is 0.174. The van der Waals surface area contributed by atoms with Gasteiger partial charge in [0.25, 0.3) is 5.56 Å². The van der Waals surface area contributed by atoms with Crippen LogP contribution >= 0.6 is 0 Å². The van der Waals surface area contributed by atoms with Crippen LogP contribution < -0.4 is 20.3 Å². The molecule has 4 aromatic rings. The number of hydrogen-bond donors (Lipinski definition) is 1. The third kappa shape index (κ3) is 4.00. The van der Waals surface area contributed by atoms with Gasteiger partial charge in [-0.3, -0.25) is 14.2 Å². The highest BCUT2D eigenvalue weighted by Crippen LogP contribution is 2.29. The zero-order chi connectivity index (χ0) is 22.0. The molecule has 0 radical (unpaired) electrons. The number of anilines is 1. The van der Waals surface area contributed by atoms with E-state index in [9.17, 15) is 9.59 Å². The van der Waals surface area contributed by atoms with E-state index in [0.717, 1.165) is 16.9 Å². The van der Waals surface area contributed by atoms with E-state index < -0.39 is 0 Å². The van der Waals surface area contributed by atoms with Gasteiger partial charge in [0.05, 0.1) is 20.5 Å². The molecule has 0 aliphatic rings. The van der Waals surface area contributed by atoms with Crippen LogP contribution in [0.2, 0.25) is 0 Å². The summed E-state index contributed by atoms with van der Waals surface area (Å²) in [7, 11) is 4.97. The first-order valence-electron chi connectivity index (χ1n) is 9.63. The van der Waals surface area contributed by atoms with Gasteiger partial charge in [-0.2, -0.15) is 0 Å². The van der Waals surface area contributed by atoms with Crippen LogP contribution in [0, 0.1) is 0 Å². The quantitative estimate of drug-likeness (QED) is 0.520. The first kappa shape index (κ1) is 20.2. The largest absolute Gasteiger partial charge is 0.497 e. The third-order valence-corrected chi connectivity index (χ3v) is 5.01. The molecule has 0 saturated carbocycles. The first-order valence-corrected chi connectivity index (χ1v) is 9.63. The lowest BCUT2D eigenvalue weighted by Gasteiger charge is -2.08. The van der Waals surface area contributed by atoms with Gasteiger partial charge >= 0.3 is 0 Å². The summed E-state index contributed by atoms with van der Waals surface area (Å²) in [5, 5.41) is 2.77. The topological polar surface area (TPSA) is 87.4 Å². The molecular weight excluding hydrogens is 396 g/mol. The number of methoxy groups -OCH3 is 2. The van der Waals surface area contributed by atoms with Crippen LogP contribution in [0.5, 0.6) is 11.5 Å². The van der Waals surface area contributed by atoms with Gasteiger partial charge < -0.3 is 19.4 Å². The minimum absolute atomic E-state index is 0.145. The third-order valence-electron chi connectivity index (χ3n) is 5.01. The van der Waals surface area contributed by atoms with Crippen molar-refractivity contribution in [3.8, 4) is 22.6 Å². The number of ether oxygens (including phenoxy) is 2. The Morgan fingerprint density at radius 2 is 1.81 bits per heavy atom. The van der Waals surface area contributed by atoms with E-state index in [2.05, 4.69) is 10.3 Å². The molecular formula is C23H22N4O4. The van der Waals surface area contributed by atoms with E-state index >= 15 is 0 Å². The molecule has 4 rings (SSSR count). The van der Waals surface area contributed by atoms with Gasteiger partial charge in [-0.05, 0) is 42.0 Å². The monoisotopic (exact) mass is 418 g/mol. The number of hydrogen-bond acceptors (Lipinski definition) is 5. The Kier molecular flexibility index (Phi) is 5.44. The number of aromatic nitrogens is 3. The standard InChI is InChI=1S/C23H22N4O4/c1-26-12-19(15-5-4-6-18(11-15)31-3)21-22(26)23(29)27(14-24-21)13-20(28)25-16-7-9-17(30-2)10-8-16/h4-12,14H,13H2,1-3H3,(H,25,28). The summed E-state index contributed by atoms with van der Waals surface area (Å²) in [6, 6.07) is 14.5. The van der Waals surface area contributed by atoms with Crippen molar-refractivity contribution >= 4 is 22.6 Å². The van der Waals surface area contributed by atoms with Crippen LogP contribution in [-0.4, -0.2) is 34.2 Å². The van der Waals surface area contributed by atoms with Crippen LogP contribution in [0.4, 0.5) is 5.69 Å². The Morgan fingerprint density at radius 3 is 2.52 bits per heavy atom. The molecule has 0 aliphatic carbocycles. The maximum absolute atomic E-state index is 13.1. The van der Waals surface area contributed by atoms with Crippen molar-refractivity contribution in [1.82, 2.24) is 14.1 Å². The van der Waals surface area contributed by atoms with Gasteiger partial charge in [-0.15, -0.1) is 0 Å². The smallest absolute Gasteiger partial charge is 0.278 e. The second kappa shape index (κ2) is 8.35. The molecule has 0 fully saturated rings. The van der Waals surface area contributed by atoms with Gasteiger partial charge in [-0.1, -0.05) is 12.1 Å². The van der Waals surface area contributed by atoms with Crippen molar-refractivity contribution in [3.63, 3.8) is 0 Å². The average Bonchev–Trinajstić information content (AvgIpc) is 3.13. The number of nitrogens with one attached hydrogen (secondary N) is 1. The van der Waals surface area contributed by atoms with Gasteiger partial charge in [0, 0.05) is 24.5 Å². The van der Waals surface area contributed by atoms with Crippen LogP contribution in [-0.2, 0) is 18.4 Å². The summed E-state index contributed by atoms with van der Waals surface area (Å²) < 4.78 is 13.4. The van der Waals surface area contributed by atoms with Gasteiger partial charge in [0.2, 0.25) is 5.91 Å². The number of nitrogens with zero attached hydrogens (tertiary/aromatic N) is 3. The van der Waals surface area contributed by atoms with Crippen molar-refractivity contribution in [2.24, 2.45) is 7.05 Å². The fourth-order valence-corrected chi connectivity index (χ4v) is 3.46. The van der Waals surface area contributed by atoms with Gasteiger partial charge in [-0.25, -0.2) is 4.98 Å². The number of amides is 1. The Balaban J connectivity index is 1.62. The molecule has 158 valence electrons. The molecule has 0 bridgehead atoms. The van der Waals surface area contributed by atoms with E-state index in [1.807, 2.05) is 30.5 Å². The van der Waals surface area contributed by atoms with Crippen LogP contribution in [0.1, 0.15) is 0 Å². The number of carbonyl (C=O) groups is 1. The predicted octanol–water partition coefficient (Wildman–Crippen LogP) is 3.06. The second-order valence-corrected chi connectivity index (χ2v) is 7.04. The lowest BCUT2D eigenvalue weighted by molar-refractivity contribution is -0.116. The molecule has 1 amide bonds. The Labute approximate surface area is 178 Å². The summed E-state index contributed by atoms with van der Waals surface area (Å²) in [4.78, 5) is 30.0. The lowest BCUT2D eigenvalue weighted by Crippen LogP contribution is -2.28. The Bertz CT molecular complexity index is 1310. The summed E-state index contributed by atoms with van der Waals surface area (Å²) in [6.45, 7) is -0.145. The number of fused-ring (bicyclic) bond motifs is 1. The highest BCUT2D eigenvalue weighted by molar-refractivity contribution is 5.93. The predicted molar refractivity (Wildman–Crippen MR) is 119 cm³/mol. The molecule has 2 aromatic carbocycles. The molecule has 1 N–H and O–H groups in total. The first-order chi connectivity index (χ1) is 15.0. The fourth-order valence-electron chi connectivity index (χ4n) is 3.46. The molecule has 8 heteroatoms. The molecule has 2 aromatic heterocycles. The maximum atomic E-state index is 13.1. The summed E-state index contributed by atoms with van der Waals surface area (Å²) in [6.07, 6.45) is 3.26. The average molecular weight is 418 g/mol. The van der Waals surface area contributed by atoms with E-state index in [0.29, 0.717) is 22.5 Å². The summed E-state index contributed by atoms with van der Waals surface area (Å²) in [5.74, 6) is 1.09. The minimum atomic E-state index is -0.323. The molecule has 8 nitrogen and oxygen atoms in total. The Morgan fingerprint density at radius 1 is 1.06 bits per heavy atom. The summed E-state index contributed by atoms with van der Waals surface area (Å²) in [5.41, 5.74) is 3.05. The highest BCUT2D eigenvalue weighted by Gasteiger charge is 2.16. The molecule has 0 aliphatic heterocycles. The number of aryl methyl sites for hydroxylation is 1. The van der Waals surface area contributed by atoms with Gasteiger partial charge in [0.1, 0.15) is 29.1 Å². The van der Waals surface area contributed by atoms with E-state index in [4.69, 9.17) is 9.47 Å². The lowest BCUT2D eigenvalue weighted by atomic mass is 10.1. The highest BCUT2D eigenvalue weighted by atomic mass is 16.5. The van der Waals surface area contributed by atoms with Crippen LogP contribution in [0.15, 0.2) is 65.8 Å². The normalized spacial score (nSPS) is 10.8. The second-order valence-electron chi connectivity index (χ2n) is 7.04. The molecule has 0 spiro atoms. The maximum Gasteiger partial charge on any atom is 0.278 e. The number of benzene rings is 2. The minimum Gasteiger partial charge on any atom is -0.497 e. The zero-order valence-corrected chi connectivity index (χ0v) is 17.5. The number of rotatable bonds is 6. The van der Waals surface area contributed by atoms with Crippen molar-refractivity contribution < 1.29 is 14.3 Å². The van der Waals surface area contributed by atoms with Crippen LogP contribution in [0.25, 0.3) is 22.2 Å². The van der Waals surface area contributed by atoms with Crippen molar-refractivity contribution in [2.75, 3.05) is 19.5 Å². The molecule has 0 unspecified atom stereocenters. The molecule has 2 heterocycles. The van der Waals surface area contributed by atoms with Gasteiger partial charge in [0.15, 0.2) is 0 Å². The Hall–Kier alpha value is -4.07. The van der Waals surface area contributed by atoms with E-state index in [-0.39, 0.29) is 18.0 Å². The van der Waals surface area contributed by atoms with E-state index in [1.165, 1.54) is 10.9 Å². The molecule has 31 heavy (non-hydrogen) atoms. The van der Waals surface area contributed by atoms with Crippen molar-refractivity contribution in [1.29, 1.82) is 0 Å². The number of carbonyl (C=O) groups excluding carboxylic acids is 1. The van der Waals surface area contributed by atoms with Crippen molar-refractivity contribution in [3.05, 3.63) is 71.4 Å². The summed E-state index contributed by atoms with van der Waals surface area (Å²) >= 11 is 0. The van der Waals surface area contributed by atoms with E-state index in [1.54, 1.807) is 50.1 Å². The van der Waals surface area contributed by atoms with Crippen molar-refractivity contribution in [2.45, 2.75) is 6.54 Å². The zero-order valence-electron chi connectivity index (χ0n) is 17.5. The molecule has 0 saturated heterocycles. The molecule has 0 atom stereocenters. The SMILES string of the molecule is COc1ccc(NC(=O)Cn2cnc3c(-c4cccc(OC)c4)cn(C)c3c2=O)cc1.